The minimum absolute atomic E-state index is 0.0892. The lowest BCUT2D eigenvalue weighted by Gasteiger charge is -2.24. The highest BCUT2D eigenvalue weighted by molar-refractivity contribution is 7.07. The molecule has 1 atom stereocenters. The van der Waals surface area contributed by atoms with Gasteiger partial charge in [-0.05, 0) is 31.6 Å². The van der Waals surface area contributed by atoms with Crippen LogP contribution in [-0.2, 0) is 9.53 Å². The first-order valence-electron chi connectivity index (χ1n) is 9.54. The van der Waals surface area contributed by atoms with E-state index in [-0.39, 0.29) is 17.9 Å². The molecule has 3 aromatic rings. The molecule has 0 radical (unpaired) electrons. The molecule has 0 amide bonds. The number of aromatic nitrogens is 1. The van der Waals surface area contributed by atoms with Gasteiger partial charge in [-0.15, -0.1) is 0 Å². The maximum absolute atomic E-state index is 13.4. The number of benzene rings is 2. The number of thiazole rings is 1. The summed E-state index contributed by atoms with van der Waals surface area (Å²) in [6.07, 6.45) is 1.64. The second-order valence-electron chi connectivity index (χ2n) is 6.77. The number of esters is 1. The summed E-state index contributed by atoms with van der Waals surface area (Å²) in [6.45, 7) is 3.73. The highest BCUT2D eigenvalue weighted by Gasteiger charge is 2.33. The molecule has 30 heavy (non-hydrogen) atoms. The third-order valence-electron chi connectivity index (χ3n) is 4.86. The van der Waals surface area contributed by atoms with Gasteiger partial charge < -0.3 is 9.84 Å². The van der Waals surface area contributed by atoms with E-state index in [2.05, 4.69) is 4.99 Å². The number of rotatable bonds is 4. The topological polar surface area (TPSA) is 80.9 Å². The molecular formula is C23H20N2O4S. The van der Waals surface area contributed by atoms with Crippen LogP contribution in [0.5, 0.6) is 5.75 Å². The normalized spacial score (nSPS) is 16.2. The van der Waals surface area contributed by atoms with Crippen LogP contribution in [0.2, 0.25) is 0 Å². The monoisotopic (exact) mass is 420 g/mol. The van der Waals surface area contributed by atoms with Gasteiger partial charge in [0.05, 0.1) is 28.5 Å². The molecule has 2 heterocycles. The Balaban J connectivity index is 1.97. The minimum atomic E-state index is -0.631. The molecule has 0 spiro atoms. The fourth-order valence-electron chi connectivity index (χ4n) is 3.49. The number of phenols is 1. The highest BCUT2D eigenvalue weighted by atomic mass is 32.1. The maximum atomic E-state index is 13.4. The Morgan fingerprint density at radius 3 is 2.60 bits per heavy atom. The van der Waals surface area contributed by atoms with Crippen molar-refractivity contribution in [2.75, 3.05) is 6.61 Å². The van der Waals surface area contributed by atoms with Gasteiger partial charge in [0.25, 0.3) is 5.56 Å². The van der Waals surface area contributed by atoms with E-state index in [4.69, 9.17) is 4.74 Å². The molecule has 6 nitrogen and oxygen atoms in total. The van der Waals surface area contributed by atoms with E-state index in [0.717, 1.165) is 5.56 Å². The van der Waals surface area contributed by atoms with Crippen molar-refractivity contribution in [3.8, 4) is 5.75 Å². The Morgan fingerprint density at radius 2 is 1.90 bits per heavy atom. The molecule has 2 aromatic carbocycles. The molecular weight excluding hydrogens is 400 g/mol. The summed E-state index contributed by atoms with van der Waals surface area (Å²) in [5.41, 5.74) is 1.94. The van der Waals surface area contributed by atoms with Gasteiger partial charge >= 0.3 is 5.97 Å². The Bertz CT molecular complexity index is 1320. The van der Waals surface area contributed by atoms with Crippen molar-refractivity contribution in [2.24, 2.45) is 4.99 Å². The predicted molar refractivity (Wildman–Crippen MR) is 115 cm³/mol. The standard InChI is InChI=1S/C23H20N2O4S/c1-3-29-22(28)19-14(2)24-23-25(20(19)15-9-5-4-6-10-15)21(27)18(30-23)13-16-11-7-8-12-17(16)26/h4-13,20,26H,3H2,1-2H3/b18-13+. The molecule has 1 N–H and O–H groups in total. The van der Waals surface area contributed by atoms with Crippen LogP contribution in [0, 0.1) is 0 Å². The Kier molecular flexibility index (Phi) is 5.37. The van der Waals surface area contributed by atoms with Gasteiger partial charge in [0.15, 0.2) is 4.80 Å². The van der Waals surface area contributed by atoms with Gasteiger partial charge in [-0.2, -0.15) is 0 Å². The van der Waals surface area contributed by atoms with Crippen LogP contribution >= 0.6 is 11.3 Å². The molecule has 7 heteroatoms. The number of fused-ring (bicyclic) bond motifs is 1. The van der Waals surface area contributed by atoms with E-state index in [1.54, 1.807) is 44.2 Å². The number of aromatic hydroxyl groups is 1. The number of nitrogens with zero attached hydrogens (tertiary/aromatic N) is 2. The first kappa shape index (κ1) is 19.8. The predicted octanol–water partition coefficient (Wildman–Crippen LogP) is 2.50. The van der Waals surface area contributed by atoms with E-state index in [1.165, 1.54) is 15.9 Å². The Morgan fingerprint density at radius 1 is 1.20 bits per heavy atom. The Labute approximate surface area is 176 Å². The summed E-state index contributed by atoms with van der Waals surface area (Å²) < 4.78 is 7.22. The van der Waals surface area contributed by atoms with Gasteiger partial charge in [0, 0.05) is 5.56 Å². The van der Waals surface area contributed by atoms with Crippen LogP contribution in [0.15, 0.2) is 75.7 Å². The number of hydrogen-bond acceptors (Lipinski definition) is 6. The van der Waals surface area contributed by atoms with Crippen molar-refractivity contribution < 1.29 is 14.6 Å². The molecule has 0 bridgehead atoms. The number of carbonyl (C=O) groups is 1. The lowest BCUT2D eigenvalue weighted by atomic mass is 9.96. The van der Waals surface area contributed by atoms with Crippen LogP contribution in [0.3, 0.4) is 0 Å². The molecule has 1 aliphatic rings. The van der Waals surface area contributed by atoms with Crippen molar-refractivity contribution in [3.05, 3.63) is 96.7 Å². The zero-order chi connectivity index (χ0) is 21.3. The van der Waals surface area contributed by atoms with E-state index in [1.807, 2.05) is 30.3 Å². The quantitative estimate of drug-likeness (QED) is 0.658. The summed E-state index contributed by atoms with van der Waals surface area (Å²) >= 11 is 1.23. The zero-order valence-electron chi connectivity index (χ0n) is 16.5. The molecule has 0 saturated carbocycles. The van der Waals surface area contributed by atoms with E-state index in [9.17, 15) is 14.7 Å². The van der Waals surface area contributed by atoms with Crippen molar-refractivity contribution in [3.63, 3.8) is 0 Å². The largest absolute Gasteiger partial charge is 0.507 e. The van der Waals surface area contributed by atoms with Crippen molar-refractivity contribution in [2.45, 2.75) is 19.9 Å². The van der Waals surface area contributed by atoms with Crippen LogP contribution in [-0.4, -0.2) is 22.2 Å². The molecule has 0 fully saturated rings. The number of para-hydroxylation sites is 1. The third-order valence-corrected chi connectivity index (χ3v) is 5.84. The van der Waals surface area contributed by atoms with Gasteiger partial charge in [-0.3, -0.25) is 9.36 Å². The second kappa shape index (κ2) is 8.12. The molecule has 1 aromatic heterocycles. The molecule has 1 aliphatic heterocycles. The molecule has 152 valence electrons. The number of allylic oxidation sites excluding steroid dienone is 1. The molecule has 0 aliphatic carbocycles. The van der Waals surface area contributed by atoms with E-state index in [0.29, 0.717) is 26.2 Å². The van der Waals surface area contributed by atoms with Crippen LogP contribution < -0.4 is 14.9 Å². The van der Waals surface area contributed by atoms with Crippen molar-refractivity contribution >= 4 is 23.4 Å². The molecule has 1 unspecified atom stereocenters. The molecule has 4 rings (SSSR count). The van der Waals surface area contributed by atoms with Gasteiger partial charge in [0.2, 0.25) is 0 Å². The van der Waals surface area contributed by atoms with Gasteiger partial charge in [0.1, 0.15) is 5.75 Å². The molecule has 0 saturated heterocycles. The second-order valence-corrected chi connectivity index (χ2v) is 7.78. The SMILES string of the molecule is CCOC(=O)C1=C(C)N=c2s/c(=C/c3ccccc3O)c(=O)n2C1c1ccccc1. The van der Waals surface area contributed by atoms with Crippen LogP contribution in [0.25, 0.3) is 6.08 Å². The van der Waals surface area contributed by atoms with Crippen LogP contribution in [0.1, 0.15) is 31.0 Å². The summed E-state index contributed by atoms with van der Waals surface area (Å²) in [7, 11) is 0. The summed E-state index contributed by atoms with van der Waals surface area (Å²) in [5, 5.41) is 10.1. The summed E-state index contributed by atoms with van der Waals surface area (Å²) in [5.74, 6) is -0.395. The highest BCUT2D eigenvalue weighted by Crippen LogP contribution is 2.30. The number of hydrogen-bond donors (Lipinski definition) is 1. The summed E-state index contributed by atoms with van der Waals surface area (Å²) in [6, 6.07) is 15.6. The fraction of sp³-hybridized carbons (Fsp3) is 0.174. The summed E-state index contributed by atoms with van der Waals surface area (Å²) in [4.78, 5) is 31.2. The Hall–Kier alpha value is -3.45. The average Bonchev–Trinajstić information content (AvgIpc) is 3.04. The fourth-order valence-corrected chi connectivity index (χ4v) is 4.53. The first-order chi connectivity index (χ1) is 14.5. The van der Waals surface area contributed by atoms with Crippen molar-refractivity contribution in [1.82, 2.24) is 4.57 Å². The number of phenolic OH excluding ortho intramolecular Hbond substituents is 1. The van der Waals surface area contributed by atoms with Gasteiger partial charge in [-0.25, -0.2) is 9.79 Å². The lowest BCUT2D eigenvalue weighted by molar-refractivity contribution is -0.139. The van der Waals surface area contributed by atoms with Gasteiger partial charge in [-0.1, -0.05) is 59.9 Å². The van der Waals surface area contributed by atoms with E-state index >= 15 is 0 Å². The van der Waals surface area contributed by atoms with E-state index < -0.39 is 12.0 Å². The smallest absolute Gasteiger partial charge is 0.338 e. The van der Waals surface area contributed by atoms with Crippen LogP contribution in [0.4, 0.5) is 0 Å². The third kappa shape index (κ3) is 3.48. The first-order valence-corrected chi connectivity index (χ1v) is 10.4. The maximum Gasteiger partial charge on any atom is 0.338 e. The average molecular weight is 420 g/mol. The lowest BCUT2D eigenvalue weighted by Crippen LogP contribution is -2.39. The minimum Gasteiger partial charge on any atom is -0.507 e. The zero-order valence-corrected chi connectivity index (χ0v) is 17.3. The van der Waals surface area contributed by atoms with Crippen molar-refractivity contribution in [1.29, 1.82) is 0 Å². The number of carbonyl (C=O) groups excluding carboxylic acids is 1. The number of ether oxygens (including phenoxy) is 1.